The van der Waals surface area contributed by atoms with E-state index >= 15 is 0 Å². The maximum atomic E-state index is 9.28. The minimum Gasteiger partial charge on any atom is -0.455 e. The van der Waals surface area contributed by atoms with Gasteiger partial charge in [0, 0.05) is 29.3 Å². The summed E-state index contributed by atoms with van der Waals surface area (Å²) in [7, 11) is 1.98. The zero-order valence-electron chi connectivity index (χ0n) is 32.4. The van der Waals surface area contributed by atoms with Crippen LogP contribution in [-0.4, -0.2) is 0 Å². The summed E-state index contributed by atoms with van der Waals surface area (Å²) in [6, 6.07) is 25.6. The molecule has 6 aromatic rings. The summed E-state index contributed by atoms with van der Waals surface area (Å²) in [4.78, 5) is 0. The van der Waals surface area contributed by atoms with Crippen molar-refractivity contribution in [3.05, 3.63) is 113 Å². The Morgan fingerprint density at radius 3 is 2.26 bits per heavy atom. The fourth-order valence-corrected chi connectivity index (χ4v) is 5.99. The molecule has 0 saturated heterocycles. The van der Waals surface area contributed by atoms with Crippen LogP contribution in [0.25, 0.3) is 55.4 Å². The summed E-state index contributed by atoms with van der Waals surface area (Å²) in [6.45, 7) is 11.0. The second-order valence-corrected chi connectivity index (χ2v) is 13.7. The van der Waals surface area contributed by atoms with Crippen molar-refractivity contribution in [2.24, 2.45) is 12.5 Å². The Morgan fingerprint density at radius 1 is 0.814 bits per heavy atom. The van der Waals surface area contributed by atoms with Crippen LogP contribution >= 0.6 is 0 Å². The monoisotopic (exact) mass is 572 g/mol. The largest absolute Gasteiger partial charge is 0.455 e. The molecule has 0 aliphatic carbocycles. The lowest BCUT2D eigenvalue weighted by molar-refractivity contribution is -0.660. The number of benzene rings is 4. The SMILES string of the molecule is [2H]c1cc(C([2H])([2H])C(C)(C)C)cc(C([2H])([2H])[2H])c1-c1cc(-c2c(C)ccc3c2oc2cc(-c4ccccc4)ccc23)[n+](C)cc1C(C)(C)C. The van der Waals surface area contributed by atoms with Crippen LogP contribution in [0, 0.1) is 19.2 Å². The molecule has 0 bridgehead atoms. The molecule has 2 aromatic heterocycles. The molecule has 0 aliphatic heterocycles. The third kappa shape index (κ3) is 5.52. The first-order chi connectivity index (χ1) is 22.7. The number of aromatic nitrogens is 1. The van der Waals surface area contributed by atoms with Crippen LogP contribution in [0.2, 0.25) is 0 Å². The lowest BCUT2D eigenvalue weighted by Crippen LogP contribution is -2.34. The van der Waals surface area contributed by atoms with Gasteiger partial charge in [-0.25, -0.2) is 4.57 Å². The Bertz CT molecular complexity index is 2230. The van der Waals surface area contributed by atoms with Gasteiger partial charge in [0.25, 0.3) is 0 Å². The molecule has 0 saturated carbocycles. The van der Waals surface area contributed by atoms with Crippen molar-refractivity contribution in [2.75, 3.05) is 0 Å². The summed E-state index contributed by atoms with van der Waals surface area (Å²) < 4.78 is 61.6. The molecule has 0 unspecified atom stereocenters. The predicted molar refractivity (Wildman–Crippen MR) is 183 cm³/mol. The van der Waals surface area contributed by atoms with E-state index in [2.05, 4.69) is 67.8 Å². The van der Waals surface area contributed by atoms with Gasteiger partial charge in [0.1, 0.15) is 18.2 Å². The number of fused-ring (bicyclic) bond motifs is 3. The molecule has 43 heavy (non-hydrogen) atoms. The van der Waals surface area contributed by atoms with Crippen molar-refractivity contribution < 1.29 is 17.2 Å². The molecule has 0 radical (unpaired) electrons. The molecule has 0 atom stereocenters. The number of nitrogens with zero attached hydrogens (tertiary/aromatic N) is 1. The van der Waals surface area contributed by atoms with Crippen LogP contribution in [0.4, 0.5) is 0 Å². The van der Waals surface area contributed by atoms with Crippen molar-refractivity contribution in [2.45, 2.75) is 67.1 Å². The molecule has 0 aliphatic rings. The maximum absolute atomic E-state index is 9.28. The number of hydrogen-bond donors (Lipinski definition) is 0. The van der Waals surface area contributed by atoms with Gasteiger partial charge in [0.05, 0.1) is 6.93 Å². The van der Waals surface area contributed by atoms with Crippen LogP contribution in [0.15, 0.2) is 95.5 Å². The van der Waals surface area contributed by atoms with Crippen molar-refractivity contribution in [3.8, 4) is 33.5 Å². The zero-order chi connectivity index (χ0) is 35.8. The predicted octanol–water partition coefficient (Wildman–Crippen LogP) is 10.9. The summed E-state index contributed by atoms with van der Waals surface area (Å²) >= 11 is 0. The third-order valence-corrected chi connectivity index (χ3v) is 8.02. The molecule has 0 spiro atoms. The van der Waals surface area contributed by atoms with Crippen molar-refractivity contribution in [1.82, 2.24) is 0 Å². The van der Waals surface area contributed by atoms with Gasteiger partial charge in [0.15, 0.2) is 6.20 Å². The van der Waals surface area contributed by atoms with E-state index in [1.54, 1.807) is 20.8 Å². The van der Waals surface area contributed by atoms with Gasteiger partial charge < -0.3 is 4.42 Å². The average Bonchev–Trinajstić information content (AvgIpc) is 3.37. The molecule has 2 heterocycles. The molecule has 4 aromatic carbocycles. The molecule has 6 rings (SSSR count). The average molecular weight is 573 g/mol. The highest BCUT2D eigenvalue weighted by Crippen LogP contribution is 2.41. The number of aryl methyl sites for hydroxylation is 3. The lowest BCUT2D eigenvalue weighted by Gasteiger charge is -2.24. The first-order valence-electron chi connectivity index (χ1n) is 17.9. The standard InChI is InChI=1S/C41H44NO/c1-26-15-18-33-32-20-17-30(29-13-11-10-12-14-29)22-37(32)43-39(33)38(26)36-23-34(35(25-42(36)9)41(6,7)8)31-19-16-28(21-27(31)2)24-40(3,4)5/h10-23,25H,24H2,1-9H3/q+1/i2D3,19D,24D2. The smallest absolute Gasteiger partial charge is 0.216 e. The maximum Gasteiger partial charge on any atom is 0.216 e. The van der Waals surface area contributed by atoms with Crippen LogP contribution < -0.4 is 4.57 Å². The number of pyridine rings is 1. The Kier molecular flexibility index (Phi) is 5.48. The topological polar surface area (TPSA) is 17.0 Å². The first kappa shape index (κ1) is 22.4. The lowest BCUT2D eigenvalue weighted by atomic mass is 9.80. The molecule has 0 fully saturated rings. The van der Waals surface area contributed by atoms with Gasteiger partial charge in [0.2, 0.25) is 5.69 Å². The highest BCUT2D eigenvalue weighted by Gasteiger charge is 2.28. The number of hydrogen-bond acceptors (Lipinski definition) is 1. The van der Waals surface area contributed by atoms with Crippen LogP contribution in [-0.2, 0) is 18.8 Å². The second kappa shape index (κ2) is 10.5. The highest BCUT2D eigenvalue weighted by atomic mass is 16.3. The molecular weight excluding hydrogens is 522 g/mol. The molecular formula is C41H44NO+. The van der Waals surface area contributed by atoms with E-state index < -0.39 is 24.1 Å². The van der Waals surface area contributed by atoms with E-state index in [0.29, 0.717) is 11.1 Å². The van der Waals surface area contributed by atoms with Gasteiger partial charge in [-0.3, -0.25) is 0 Å². The quantitative estimate of drug-likeness (QED) is 0.192. The van der Waals surface area contributed by atoms with E-state index in [0.717, 1.165) is 55.4 Å². The van der Waals surface area contributed by atoms with E-state index in [-0.39, 0.29) is 17.2 Å². The molecule has 218 valence electrons. The van der Waals surface area contributed by atoms with E-state index in [9.17, 15) is 1.37 Å². The van der Waals surface area contributed by atoms with Crippen molar-refractivity contribution >= 4 is 21.9 Å². The van der Waals surface area contributed by atoms with Gasteiger partial charge in [-0.1, -0.05) is 108 Å². The van der Waals surface area contributed by atoms with Gasteiger partial charge in [-0.2, -0.15) is 0 Å². The van der Waals surface area contributed by atoms with Gasteiger partial charge in [-0.05, 0) is 82.1 Å². The highest BCUT2D eigenvalue weighted by molar-refractivity contribution is 6.10. The summed E-state index contributed by atoms with van der Waals surface area (Å²) in [6.07, 6.45) is 0.168. The van der Waals surface area contributed by atoms with E-state index in [1.165, 1.54) is 12.1 Å². The third-order valence-electron chi connectivity index (χ3n) is 8.02. The molecule has 0 N–H and O–H groups in total. The van der Waals surface area contributed by atoms with Gasteiger partial charge >= 0.3 is 0 Å². The normalized spacial score (nSPS) is 15.1. The fourth-order valence-electron chi connectivity index (χ4n) is 5.99. The number of furan rings is 1. The number of rotatable bonds is 4. The minimum atomic E-state index is -2.59. The molecule has 2 nitrogen and oxygen atoms in total. The Balaban J connectivity index is 1.66. The Hall–Kier alpha value is -4.17. The zero-order valence-corrected chi connectivity index (χ0v) is 26.4. The summed E-state index contributed by atoms with van der Waals surface area (Å²) in [5.41, 5.74) is 7.14. The van der Waals surface area contributed by atoms with E-state index in [1.807, 2.05) is 44.4 Å². The van der Waals surface area contributed by atoms with Crippen LogP contribution in [0.5, 0.6) is 0 Å². The Morgan fingerprint density at radius 2 is 1.56 bits per heavy atom. The second-order valence-electron chi connectivity index (χ2n) is 13.7. The van der Waals surface area contributed by atoms with Crippen LogP contribution in [0.3, 0.4) is 0 Å². The Labute approximate surface area is 265 Å². The summed E-state index contributed by atoms with van der Waals surface area (Å²) in [5.74, 6) is 0. The minimum absolute atomic E-state index is 0.0193. The molecule has 2 heteroatoms. The van der Waals surface area contributed by atoms with E-state index in [4.69, 9.17) is 11.3 Å². The van der Waals surface area contributed by atoms with Gasteiger partial charge in [-0.15, -0.1) is 0 Å². The molecule has 0 amide bonds. The summed E-state index contributed by atoms with van der Waals surface area (Å²) in [5, 5.41) is 1.99. The van der Waals surface area contributed by atoms with Crippen molar-refractivity contribution in [1.29, 1.82) is 0 Å². The first-order valence-corrected chi connectivity index (χ1v) is 14.9. The van der Waals surface area contributed by atoms with Crippen LogP contribution in [0.1, 0.15) is 72.0 Å². The van der Waals surface area contributed by atoms with Crippen molar-refractivity contribution in [3.63, 3.8) is 0 Å². The fraction of sp³-hybridized carbons (Fsp3) is 0.293.